The summed E-state index contributed by atoms with van der Waals surface area (Å²) in [5, 5.41) is 9.10. The molecule has 1 rings (SSSR count). The molecule has 1 N–H and O–H groups in total. The van der Waals surface area contributed by atoms with E-state index in [0.29, 0.717) is 6.54 Å². The van der Waals surface area contributed by atoms with Crippen molar-refractivity contribution in [3.63, 3.8) is 0 Å². The third kappa shape index (κ3) is 2.67. The molecule has 13 heavy (non-hydrogen) atoms. The van der Waals surface area contributed by atoms with Crippen LogP contribution in [0.15, 0.2) is 0 Å². The quantitative estimate of drug-likeness (QED) is 0.662. The molecule has 4 heteroatoms. The molecule has 2 atom stereocenters. The molecule has 4 nitrogen and oxygen atoms in total. The molecule has 0 aliphatic carbocycles. The number of rotatable bonds is 2. The Balaban J connectivity index is 2.46. The Morgan fingerprint density at radius 1 is 1.69 bits per heavy atom. The molecule has 1 aliphatic heterocycles. The molecule has 0 aromatic rings. The maximum absolute atomic E-state index is 11.4. The highest BCUT2D eigenvalue weighted by atomic mass is 16.5. The summed E-state index contributed by atoms with van der Waals surface area (Å²) in [6, 6.07) is 0. The minimum absolute atomic E-state index is 0.136. The molecule has 0 saturated carbocycles. The summed E-state index contributed by atoms with van der Waals surface area (Å²) in [5.74, 6) is -0.193. The first-order chi connectivity index (χ1) is 6.15. The molecule has 1 heterocycles. The molecule has 1 aliphatic rings. The SMILES string of the molecule is CO[C@H]1CCCN(C(=O)[C@H](C)O)C1. The Kier molecular flexibility index (Phi) is 3.69. The van der Waals surface area contributed by atoms with E-state index >= 15 is 0 Å². The van der Waals surface area contributed by atoms with E-state index in [0.717, 1.165) is 19.4 Å². The molecular weight excluding hydrogens is 170 g/mol. The number of likely N-dealkylation sites (tertiary alicyclic amines) is 1. The van der Waals surface area contributed by atoms with Crippen LogP contribution in [0.1, 0.15) is 19.8 Å². The second kappa shape index (κ2) is 4.58. The number of carbonyl (C=O) groups is 1. The smallest absolute Gasteiger partial charge is 0.251 e. The highest BCUT2D eigenvalue weighted by Gasteiger charge is 2.25. The van der Waals surface area contributed by atoms with Gasteiger partial charge >= 0.3 is 0 Å². The zero-order chi connectivity index (χ0) is 9.84. The van der Waals surface area contributed by atoms with Gasteiger partial charge in [0.1, 0.15) is 6.10 Å². The van der Waals surface area contributed by atoms with Crippen molar-refractivity contribution in [1.82, 2.24) is 4.90 Å². The third-order valence-corrected chi connectivity index (χ3v) is 2.38. The lowest BCUT2D eigenvalue weighted by molar-refractivity contribution is -0.142. The van der Waals surface area contributed by atoms with Gasteiger partial charge in [0, 0.05) is 20.2 Å². The second-order valence-corrected chi connectivity index (χ2v) is 3.46. The van der Waals surface area contributed by atoms with Gasteiger partial charge in [0.15, 0.2) is 0 Å². The molecule has 0 aromatic heterocycles. The first-order valence-corrected chi connectivity index (χ1v) is 4.64. The van der Waals surface area contributed by atoms with Crippen molar-refractivity contribution in [3.8, 4) is 0 Å². The number of hydrogen-bond acceptors (Lipinski definition) is 3. The fraction of sp³-hybridized carbons (Fsp3) is 0.889. The lowest BCUT2D eigenvalue weighted by atomic mass is 10.1. The van der Waals surface area contributed by atoms with Gasteiger partial charge in [-0.15, -0.1) is 0 Å². The van der Waals surface area contributed by atoms with Gasteiger partial charge in [-0.25, -0.2) is 0 Å². The van der Waals surface area contributed by atoms with Crippen molar-refractivity contribution in [1.29, 1.82) is 0 Å². The van der Waals surface area contributed by atoms with Crippen LogP contribution >= 0.6 is 0 Å². The highest BCUT2D eigenvalue weighted by Crippen LogP contribution is 2.13. The summed E-state index contributed by atoms with van der Waals surface area (Å²) in [6.07, 6.45) is 1.20. The van der Waals surface area contributed by atoms with Gasteiger partial charge in [-0.3, -0.25) is 4.79 Å². The van der Waals surface area contributed by atoms with E-state index in [-0.39, 0.29) is 12.0 Å². The van der Waals surface area contributed by atoms with E-state index in [4.69, 9.17) is 9.84 Å². The van der Waals surface area contributed by atoms with Crippen LogP contribution in [0.3, 0.4) is 0 Å². The molecule has 76 valence electrons. The second-order valence-electron chi connectivity index (χ2n) is 3.46. The molecule has 1 amide bonds. The number of piperidine rings is 1. The number of methoxy groups -OCH3 is 1. The number of nitrogens with zero attached hydrogens (tertiary/aromatic N) is 1. The topological polar surface area (TPSA) is 49.8 Å². The number of amides is 1. The van der Waals surface area contributed by atoms with Crippen LogP contribution in [-0.4, -0.2) is 48.3 Å². The Hall–Kier alpha value is -0.610. The summed E-state index contributed by atoms with van der Waals surface area (Å²) in [4.78, 5) is 13.0. The van der Waals surface area contributed by atoms with Crippen molar-refractivity contribution in [2.24, 2.45) is 0 Å². The monoisotopic (exact) mass is 187 g/mol. The van der Waals surface area contributed by atoms with Gasteiger partial charge in [-0.05, 0) is 19.8 Å². The van der Waals surface area contributed by atoms with Gasteiger partial charge in [0.25, 0.3) is 5.91 Å². The molecule has 1 fully saturated rings. The first-order valence-electron chi connectivity index (χ1n) is 4.64. The van der Waals surface area contributed by atoms with Gasteiger partial charge in [0.2, 0.25) is 0 Å². The Morgan fingerprint density at radius 3 is 2.92 bits per heavy atom. The van der Waals surface area contributed by atoms with E-state index in [9.17, 15) is 4.79 Å². The van der Waals surface area contributed by atoms with Crippen LogP contribution in [0.2, 0.25) is 0 Å². The van der Waals surface area contributed by atoms with Crippen molar-refractivity contribution in [2.75, 3.05) is 20.2 Å². The maximum Gasteiger partial charge on any atom is 0.251 e. The predicted octanol–water partition coefficient (Wildman–Crippen LogP) is 0.00460. The fourth-order valence-electron chi connectivity index (χ4n) is 1.59. The van der Waals surface area contributed by atoms with E-state index in [2.05, 4.69) is 0 Å². The van der Waals surface area contributed by atoms with E-state index in [1.165, 1.54) is 6.92 Å². The molecule has 1 saturated heterocycles. The van der Waals surface area contributed by atoms with Crippen LogP contribution in [0.5, 0.6) is 0 Å². The molecule has 0 spiro atoms. The summed E-state index contributed by atoms with van der Waals surface area (Å²) in [5.41, 5.74) is 0. The average Bonchev–Trinajstić information content (AvgIpc) is 2.16. The molecule has 0 aromatic carbocycles. The van der Waals surface area contributed by atoms with Crippen LogP contribution in [0.4, 0.5) is 0 Å². The lowest BCUT2D eigenvalue weighted by Gasteiger charge is -2.32. The van der Waals surface area contributed by atoms with Gasteiger partial charge in [-0.1, -0.05) is 0 Å². The number of aliphatic hydroxyl groups excluding tert-OH is 1. The van der Waals surface area contributed by atoms with E-state index in [1.54, 1.807) is 12.0 Å². The van der Waals surface area contributed by atoms with Crippen LogP contribution in [-0.2, 0) is 9.53 Å². The fourth-order valence-corrected chi connectivity index (χ4v) is 1.59. The van der Waals surface area contributed by atoms with E-state index < -0.39 is 6.10 Å². The Morgan fingerprint density at radius 2 is 2.38 bits per heavy atom. The summed E-state index contributed by atoms with van der Waals surface area (Å²) in [7, 11) is 1.65. The summed E-state index contributed by atoms with van der Waals surface area (Å²) >= 11 is 0. The zero-order valence-electron chi connectivity index (χ0n) is 8.19. The molecule has 0 bridgehead atoms. The van der Waals surface area contributed by atoms with Crippen molar-refractivity contribution >= 4 is 5.91 Å². The minimum Gasteiger partial charge on any atom is -0.384 e. The minimum atomic E-state index is -0.893. The number of aliphatic hydroxyl groups is 1. The molecular formula is C9H17NO3. The summed E-state index contributed by atoms with van der Waals surface area (Å²) in [6.45, 7) is 2.85. The highest BCUT2D eigenvalue weighted by molar-refractivity contribution is 5.80. The standard InChI is InChI=1S/C9H17NO3/c1-7(11)9(12)10-5-3-4-8(6-10)13-2/h7-8,11H,3-6H2,1-2H3/t7-,8-/m0/s1. The predicted molar refractivity (Wildman–Crippen MR) is 48.3 cm³/mol. The number of hydrogen-bond donors (Lipinski definition) is 1. The van der Waals surface area contributed by atoms with Crippen LogP contribution in [0.25, 0.3) is 0 Å². The average molecular weight is 187 g/mol. The number of carbonyl (C=O) groups excluding carboxylic acids is 1. The van der Waals surface area contributed by atoms with Gasteiger partial charge in [0.05, 0.1) is 6.10 Å². The Bertz CT molecular complexity index is 182. The van der Waals surface area contributed by atoms with Gasteiger partial charge < -0.3 is 14.7 Å². The van der Waals surface area contributed by atoms with E-state index in [1.807, 2.05) is 0 Å². The van der Waals surface area contributed by atoms with Crippen LogP contribution < -0.4 is 0 Å². The normalized spacial score (nSPS) is 25.8. The van der Waals surface area contributed by atoms with Crippen molar-refractivity contribution in [3.05, 3.63) is 0 Å². The first kappa shape index (κ1) is 10.5. The number of ether oxygens (including phenoxy) is 1. The zero-order valence-corrected chi connectivity index (χ0v) is 8.19. The molecule has 0 radical (unpaired) electrons. The van der Waals surface area contributed by atoms with Crippen molar-refractivity contribution in [2.45, 2.75) is 32.0 Å². The summed E-state index contributed by atoms with van der Waals surface area (Å²) < 4.78 is 5.18. The lowest BCUT2D eigenvalue weighted by Crippen LogP contribution is -2.46. The largest absolute Gasteiger partial charge is 0.384 e. The van der Waals surface area contributed by atoms with Gasteiger partial charge in [-0.2, -0.15) is 0 Å². The Labute approximate surface area is 78.5 Å². The van der Waals surface area contributed by atoms with Crippen LogP contribution in [0, 0.1) is 0 Å². The third-order valence-electron chi connectivity index (χ3n) is 2.38. The molecule has 0 unspecified atom stereocenters. The maximum atomic E-state index is 11.4. The van der Waals surface area contributed by atoms with Crippen molar-refractivity contribution < 1.29 is 14.6 Å².